The maximum atomic E-state index is 13.9. The number of unbranched alkanes of at least 4 members (excludes halogenated alkanes) is 1. The van der Waals surface area contributed by atoms with Crippen molar-refractivity contribution in [2.75, 3.05) is 6.54 Å². The van der Waals surface area contributed by atoms with E-state index in [0.717, 1.165) is 16.7 Å². The van der Waals surface area contributed by atoms with E-state index in [9.17, 15) is 19.2 Å². The molecule has 1 aliphatic heterocycles. The van der Waals surface area contributed by atoms with Crippen LogP contribution in [0.1, 0.15) is 36.0 Å². The van der Waals surface area contributed by atoms with Gasteiger partial charge in [0.05, 0.1) is 0 Å². The normalized spacial score (nSPS) is 16.9. The highest BCUT2D eigenvalue weighted by Gasteiger charge is 2.51. The van der Waals surface area contributed by atoms with Crippen molar-refractivity contribution in [3.05, 3.63) is 108 Å². The number of hydrogen-bond acceptors (Lipinski definition) is 6. The number of primary amides is 1. The summed E-state index contributed by atoms with van der Waals surface area (Å²) in [5, 5.41) is 5.42. The number of nitrogens with one attached hydrogen (secondary N) is 2. The third-order valence-corrected chi connectivity index (χ3v) is 7.26. The van der Waals surface area contributed by atoms with E-state index in [1.165, 1.54) is 0 Å². The summed E-state index contributed by atoms with van der Waals surface area (Å²) in [5.41, 5.74) is 14.0. The molecule has 10 heteroatoms. The summed E-state index contributed by atoms with van der Waals surface area (Å²) >= 11 is 0. The lowest BCUT2D eigenvalue weighted by Crippen LogP contribution is -2.50. The second-order valence-electron chi connectivity index (χ2n) is 10.6. The quantitative estimate of drug-likeness (QED) is 0.148. The van der Waals surface area contributed by atoms with Crippen LogP contribution in [0.4, 0.5) is 0 Å². The minimum atomic E-state index is -1.08. The highest BCUT2D eigenvalue weighted by atomic mass is 16.6. The molecule has 0 spiro atoms. The molecule has 10 nitrogen and oxygen atoms in total. The Bertz CT molecular complexity index is 1310. The molecule has 226 valence electrons. The SMILES string of the molecule is NCCCC[C@H](NC(=O)C1OC1C(=O)N[C@@H](Cc1ccccc1)C(N)=O)C(=O)N(Cc1ccccc1)Cc1ccccc1. The third kappa shape index (κ3) is 9.49. The van der Waals surface area contributed by atoms with Crippen molar-refractivity contribution in [3.63, 3.8) is 0 Å². The van der Waals surface area contributed by atoms with Gasteiger partial charge >= 0.3 is 0 Å². The van der Waals surface area contributed by atoms with E-state index in [2.05, 4.69) is 10.6 Å². The van der Waals surface area contributed by atoms with Gasteiger partial charge in [0.1, 0.15) is 12.1 Å². The molecule has 1 heterocycles. The van der Waals surface area contributed by atoms with Crippen LogP contribution in [0.2, 0.25) is 0 Å². The summed E-state index contributed by atoms with van der Waals surface area (Å²) < 4.78 is 5.41. The number of nitrogens with two attached hydrogens (primary N) is 2. The number of carbonyl (C=O) groups excluding carboxylic acids is 4. The number of rotatable bonds is 16. The van der Waals surface area contributed by atoms with Crippen molar-refractivity contribution in [1.29, 1.82) is 0 Å². The van der Waals surface area contributed by atoms with Crippen molar-refractivity contribution in [1.82, 2.24) is 15.5 Å². The molecule has 6 N–H and O–H groups in total. The Morgan fingerprint density at radius 1 is 0.698 bits per heavy atom. The lowest BCUT2D eigenvalue weighted by Gasteiger charge is -2.28. The first-order valence-corrected chi connectivity index (χ1v) is 14.5. The molecule has 3 aromatic carbocycles. The number of hydrogen-bond donors (Lipinski definition) is 4. The van der Waals surface area contributed by atoms with E-state index in [4.69, 9.17) is 16.2 Å². The largest absolute Gasteiger partial charge is 0.368 e. The van der Waals surface area contributed by atoms with Crippen molar-refractivity contribution in [3.8, 4) is 0 Å². The number of amides is 4. The Balaban J connectivity index is 1.42. The predicted molar refractivity (Wildman–Crippen MR) is 162 cm³/mol. The fourth-order valence-corrected chi connectivity index (χ4v) is 4.88. The molecular formula is C33H39N5O5. The smallest absolute Gasteiger partial charge is 0.253 e. The van der Waals surface area contributed by atoms with Gasteiger partial charge in [-0.3, -0.25) is 19.2 Å². The molecule has 4 atom stereocenters. The summed E-state index contributed by atoms with van der Waals surface area (Å²) in [4.78, 5) is 53.7. The fourth-order valence-electron chi connectivity index (χ4n) is 4.88. The Kier molecular flexibility index (Phi) is 11.4. The lowest BCUT2D eigenvalue weighted by atomic mass is 10.0. The Morgan fingerprint density at radius 2 is 1.16 bits per heavy atom. The summed E-state index contributed by atoms with van der Waals surface area (Å²) in [6, 6.07) is 26.6. The number of nitrogens with zero attached hydrogens (tertiary/aromatic N) is 1. The summed E-state index contributed by atoms with van der Waals surface area (Å²) in [6.07, 6.45) is -0.243. The Morgan fingerprint density at radius 3 is 1.63 bits per heavy atom. The molecular weight excluding hydrogens is 546 g/mol. The maximum absolute atomic E-state index is 13.9. The van der Waals surface area contributed by atoms with Crippen LogP contribution in [-0.2, 0) is 43.4 Å². The van der Waals surface area contributed by atoms with E-state index in [0.29, 0.717) is 38.9 Å². The summed E-state index contributed by atoms with van der Waals surface area (Å²) in [6.45, 7) is 1.18. The third-order valence-electron chi connectivity index (χ3n) is 7.26. The molecule has 4 amide bonds. The first-order valence-electron chi connectivity index (χ1n) is 14.5. The molecule has 0 bridgehead atoms. The number of ether oxygens (including phenoxy) is 1. The zero-order valence-corrected chi connectivity index (χ0v) is 24.1. The van der Waals surface area contributed by atoms with Gasteiger partial charge in [-0.1, -0.05) is 91.0 Å². The van der Waals surface area contributed by atoms with Gasteiger partial charge in [-0.2, -0.15) is 0 Å². The summed E-state index contributed by atoms with van der Waals surface area (Å²) in [5.74, 6) is -2.11. The molecule has 1 saturated heterocycles. The van der Waals surface area contributed by atoms with E-state index < -0.39 is 42.0 Å². The molecule has 4 rings (SSSR count). The van der Waals surface area contributed by atoms with Crippen LogP contribution in [0.15, 0.2) is 91.0 Å². The van der Waals surface area contributed by atoms with Crippen molar-refractivity contribution in [2.45, 2.75) is 63.1 Å². The van der Waals surface area contributed by atoms with Crippen LogP contribution in [0, 0.1) is 0 Å². The van der Waals surface area contributed by atoms with E-state index in [-0.39, 0.29) is 12.3 Å². The van der Waals surface area contributed by atoms with Crippen LogP contribution >= 0.6 is 0 Å². The second kappa shape index (κ2) is 15.6. The molecule has 0 aromatic heterocycles. The van der Waals surface area contributed by atoms with Gasteiger partial charge < -0.3 is 31.7 Å². The standard InChI is InChI=1S/C33H39N5O5/c34-19-11-10-18-26(33(42)38(21-24-14-6-2-7-15-24)22-25-16-8-3-9-17-25)36-31(40)28-29(43-28)32(41)37-27(30(35)39)20-23-12-4-1-5-13-23/h1-9,12-17,26-29H,10-11,18-22,34H2,(H2,35,39)(H,36,40)(H,37,41)/t26-,27-,28?,29?/m0/s1. The van der Waals surface area contributed by atoms with Crippen LogP contribution in [-0.4, -0.2) is 59.4 Å². The van der Waals surface area contributed by atoms with Gasteiger partial charge in [0.25, 0.3) is 11.8 Å². The minimum absolute atomic E-state index is 0.210. The van der Waals surface area contributed by atoms with Crippen molar-refractivity contribution in [2.24, 2.45) is 11.5 Å². The molecule has 43 heavy (non-hydrogen) atoms. The van der Waals surface area contributed by atoms with Crippen molar-refractivity contribution >= 4 is 23.6 Å². The van der Waals surface area contributed by atoms with Gasteiger partial charge in [-0.15, -0.1) is 0 Å². The first kappa shape index (κ1) is 31.4. The topological polar surface area (TPSA) is 160 Å². The molecule has 2 unspecified atom stereocenters. The number of epoxide rings is 1. The van der Waals surface area contributed by atoms with E-state index in [1.54, 1.807) is 4.90 Å². The maximum Gasteiger partial charge on any atom is 0.253 e. The van der Waals surface area contributed by atoms with Gasteiger partial charge in [-0.05, 0) is 42.5 Å². The lowest BCUT2D eigenvalue weighted by molar-refractivity contribution is -0.138. The van der Waals surface area contributed by atoms with Crippen LogP contribution < -0.4 is 22.1 Å². The second-order valence-corrected chi connectivity index (χ2v) is 10.6. The molecule has 0 saturated carbocycles. The summed E-state index contributed by atoms with van der Waals surface area (Å²) in [7, 11) is 0. The highest BCUT2D eigenvalue weighted by Crippen LogP contribution is 2.24. The molecule has 1 aliphatic rings. The number of carbonyl (C=O) groups is 4. The Hall–Kier alpha value is -4.54. The van der Waals surface area contributed by atoms with E-state index >= 15 is 0 Å². The van der Waals surface area contributed by atoms with Crippen LogP contribution in [0.3, 0.4) is 0 Å². The fraction of sp³-hybridized carbons (Fsp3) is 0.333. The van der Waals surface area contributed by atoms with Crippen molar-refractivity contribution < 1.29 is 23.9 Å². The van der Waals surface area contributed by atoms with Gasteiger partial charge in [-0.25, -0.2) is 0 Å². The average molecular weight is 586 g/mol. The monoisotopic (exact) mass is 585 g/mol. The van der Waals surface area contributed by atoms with Gasteiger partial charge in [0.15, 0.2) is 12.2 Å². The predicted octanol–water partition coefficient (Wildman–Crippen LogP) is 1.81. The zero-order valence-electron chi connectivity index (χ0n) is 24.1. The molecule has 0 aliphatic carbocycles. The minimum Gasteiger partial charge on any atom is -0.368 e. The number of benzene rings is 3. The zero-order chi connectivity index (χ0) is 30.6. The molecule has 0 radical (unpaired) electrons. The molecule has 1 fully saturated rings. The molecule has 3 aromatic rings. The first-order chi connectivity index (χ1) is 20.9. The Labute approximate surface area is 251 Å². The van der Waals surface area contributed by atoms with E-state index in [1.807, 2.05) is 91.0 Å². The van der Waals surface area contributed by atoms with Gasteiger partial charge in [0, 0.05) is 19.5 Å². The van der Waals surface area contributed by atoms with Crippen LogP contribution in [0.5, 0.6) is 0 Å². The van der Waals surface area contributed by atoms with Gasteiger partial charge in [0.2, 0.25) is 11.8 Å². The van der Waals surface area contributed by atoms with Crippen LogP contribution in [0.25, 0.3) is 0 Å². The average Bonchev–Trinajstić information content (AvgIpc) is 3.83. The highest BCUT2D eigenvalue weighted by molar-refractivity contribution is 5.98.